The van der Waals surface area contributed by atoms with Gasteiger partial charge in [0.05, 0.1) is 0 Å². The van der Waals surface area contributed by atoms with Crippen LogP contribution in [-0.4, -0.2) is 6.54 Å². The molecule has 2 rings (SSSR count). The topological polar surface area (TPSA) is 12.0 Å². The molecule has 0 aromatic heterocycles. The minimum absolute atomic E-state index is 0.491. The molecule has 21 heavy (non-hydrogen) atoms. The van der Waals surface area contributed by atoms with E-state index in [1.807, 2.05) is 0 Å². The van der Waals surface area contributed by atoms with Crippen LogP contribution in [0.25, 0.3) is 0 Å². The van der Waals surface area contributed by atoms with Gasteiger partial charge in [-0.05, 0) is 74.1 Å². The van der Waals surface area contributed by atoms with Gasteiger partial charge in [0.25, 0.3) is 0 Å². The molecule has 1 nitrogen and oxygen atoms in total. The van der Waals surface area contributed by atoms with Crippen molar-refractivity contribution in [2.75, 3.05) is 6.54 Å². The largest absolute Gasteiger partial charge is 0.310 e. The molecule has 1 N–H and O–H groups in total. The molecule has 0 bridgehead atoms. The van der Waals surface area contributed by atoms with Gasteiger partial charge in [-0.3, -0.25) is 0 Å². The van der Waals surface area contributed by atoms with Crippen LogP contribution in [0.1, 0.15) is 63.6 Å². The van der Waals surface area contributed by atoms with Crippen molar-refractivity contribution in [2.24, 2.45) is 17.8 Å². The van der Waals surface area contributed by atoms with Gasteiger partial charge >= 0.3 is 0 Å². The molecule has 1 saturated carbocycles. The summed E-state index contributed by atoms with van der Waals surface area (Å²) in [7, 11) is 0. The first-order valence-electron chi connectivity index (χ1n) is 8.50. The van der Waals surface area contributed by atoms with E-state index in [9.17, 15) is 0 Å². The fourth-order valence-electron chi connectivity index (χ4n) is 4.00. The van der Waals surface area contributed by atoms with Crippen LogP contribution in [0.15, 0.2) is 22.7 Å². The minimum Gasteiger partial charge on any atom is -0.310 e. The summed E-state index contributed by atoms with van der Waals surface area (Å²) < 4.78 is 1.27. The van der Waals surface area contributed by atoms with Gasteiger partial charge in [-0.2, -0.15) is 0 Å². The summed E-state index contributed by atoms with van der Waals surface area (Å²) in [4.78, 5) is 0. The summed E-state index contributed by atoms with van der Waals surface area (Å²) in [5, 5.41) is 3.83. The number of hydrogen-bond donors (Lipinski definition) is 1. The lowest BCUT2D eigenvalue weighted by Gasteiger charge is -2.37. The van der Waals surface area contributed by atoms with E-state index >= 15 is 0 Å². The number of hydrogen-bond acceptors (Lipinski definition) is 1. The molecular formula is C19H30BrN. The van der Waals surface area contributed by atoms with Gasteiger partial charge in [0.1, 0.15) is 0 Å². The smallest absolute Gasteiger partial charge is 0.0360 e. The molecule has 0 amide bonds. The van der Waals surface area contributed by atoms with Crippen molar-refractivity contribution >= 4 is 15.9 Å². The quantitative estimate of drug-likeness (QED) is 0.699. The van der Waals surface area contributed by atoms with Crippen molar-refractivity contribution in [1.29, 1.82) is 0 Å². The van der Waals surface area contributed by atoms with E-state index < -0.39 is 0 Å². The normalized spacial score (nSPS) is 27.6. The summed E-state index contributed by atoms with van der Waals surface area (Å²) in [5.74, 6) is 2.47. The summed E-state index contributed by atoms with van der Waals surface area (Å²) in [6.45, 7) is 10.4. The highest BCUT2D eigenvalue weighted by molar-refractivity contribution is 9.10. The van der Waals surface area contributed by atoms with E-state index in [2.05, 4.69) is 67.1 Å². The lowest BCUT2D eigenvalue weighted by atomic mass is 9.72. The van der Waals surface area contributed by atoms with Gasteiger partial charge < -0.3 is 5.32 Å². The first-order chi connectivity index (χ1) is 10.0. The summed E-state index contributed by atoms with van der Waals surface area (Å²) >= 11 is 3.80. The monoisotopic (exact) mass is 351 g/mol. The predicted molar refractivity (Wildman–Crippen MR) is 95.6 cm³/mol. The number of halogens is 1. The van der Waals surface area contributed by atoms with Crippen LogP contribution >= 0.6 is 15.9 Å². The predicted octanol–water partition coefficient (Wildman–Crippen LogP) is 5.87. The van der Waals surface area contributed by atoms with Crippen LogP contribution in [-0.2, 0) is 0 Å². The van der Waals surface area contributed by atoms with Crippen LogP contribution in [0.3, 0.4) is 0 Å². The second-order valence-electron chi connectivity index (χ2n) is 7.13. The highest BCUT2D eigenvalue weighted by Crippen LogP contribution is 2.41. The molecule has 1 aromatic rings. The Labute approximate surface area is 139 Å². The highest BCUT2D eigenvalue weighted by Gasteiger charge is 2.31. The van der Waals surface area contributed by atoms with Crippen molar-refractivity contribution < 1.29 is 0 Å². The third-order valence-corrected chi connectivity index (χ3v) is 5.48. The van der Waals surface area contributed by atoms with E-state index in [1.165, 1.54) is 41.3 Å². The van der Waals surface area contributed by atoms with Gasteiger partial charge in [0.2, 0.25) is 0 Å². The summed E-state index contributed by atoms with van der Waals surface area (Å²) in [6.07, 6.45) is 5.29. The van der Waals surface area contributed by atoms with Crippen LogP contribution in [0.5, 0.6) is 0 Å². The van der Waals surface area contributed by atoms with E-state index in [1.54, 1.807) is 0 Å². The standard InChI is InChI=1S/C19H30BrN/c1-5-8-21-19(16-10-14(3)9-15(4)11-16)17-7-6-13(2)12-18(17)20/h6-7,12,14-16,19,21H,5,8-11H2,1-4H3. The van der Waals surface area contributed by atoms with Gasteiger partial charge in [-0.1, -0.05) is 48.8 Å². The Kier molecular flexibility index (Phi) is 6.31. The van der Waals surface area contributed by atoms with Crippen molar-refractivity contribution in [3.8, 4) is 0 Å². The zero-order chi connectivity index (χ0) is 15.4. The van der Waals surface area contributed by atoms with Crippen molar-refractivity contribution in [3.05, 3.63) is 33.8 Å². The second kappa shape index (κ2) is 7.78. The molecule has 1 aliphatic rings. The molecule has 1 fully saturated rings. The average Bonchev–Trinajstić information content (AvgIpc) is 2.40. The third-order valence-electron chi connectivity index (χ3n) is 4.79. The van der Waals surface area contributed by atoms with Crippen molar-refractivity contribution in [1.82, 2.24) is 5.32 Å². The molecule has 1 aliphatic carbocycles. The zero-order valence-electron chi connectivity index (χ0n) is 14.0. The fraction of sp³-hybridized carbons (Fsp3) is 0.684. The number of rotatable bonds is 5. The molecule has 1 aromatic carbocycles. The van der Waals surface area contributed by atoms with Gasteiger partial charge in [0.15, 0.2) is 0 Å². The molecular weight excluding hydrogens is 322 g/mol. The Morgan fingerprint density at radius 1 is 1.19 bits per heavy atom. The molecule has 3 atom stereocenters. The highest BCUT2D eigenvalue weighted by atomic mass is 79.9. The van der Waals surface area contributed by atoms with Crippen LogP contribution in [0, 0.1) is 24.7 Å². The lowest BCUT2D eigenvalue weighted by molar-refractivity contribution is 0.176. The van der Waals surface area contributed by atoms with E-state index in [0.29, 0.717) is 6.04 Å². The first kappa shape index (κ1) is 17.0. The summed E-state index contributed by atoms with van der Waals surface area (Å²) in [6, 6.07) is 7.31. The Morgan fingerprint density at radius 2 is 1.86 bits per heavy atom. The number of aryl methyl sites for hydroxylation is 1. The number of benzene rings is 1. The van der Waals surface area contributed by atoms with E-state index in [0.717, 1.165) is 24.3 Å². The lowest BCUT2D eigenvalue weighted by Crippen LogP contribution is -2.34. The molecule has 0 spiro atoms. The molecule has 0 heterocycles. The van der Waals surface area contributed by atoms with E-state index in [4.69, 9.17) is 0 Å². The SMILES string of the molecule is CCCNC(c1ccc(C)cc1Br)C1CC(C)CC(C)C1. The Morgan fingerprint density at radius 3 is 2.43 bits per heavy atom. The van der Waals surface area contributed by atoms with Crippen LogP contribution < -0.4 is 5.32 Å². The maximum absolute atomic E-state index is 3.83. The maximum Gasteiger partial charge on any atom is 0.0360 e. The first-order valence-corrected chi connectivity index (χ1v) is 9.30. The third kappa shape index (κ3) is 4.56. The molecule has 3 unspecified atom stereocenters. The average molecular weight is 352 g/mol. The number of nitrogens with one attached hydrogen (secondary N) is 1. The maximum atomic E-state index is 3.83. The van der Waals surface area contributed by atoms with Crippen molar-refractivity contribution in [2.45, 2.75) is 59.4 Å². The minimum atomic E-state index is 0.491. The van der Waals surface area contributed by atoms with E-state index in [-0.39, 0.29) is 0 Å². The summed E-state index contributed by atoms with van der Waals surface area (Å²) in [5.41, 5.74) is 2.77. The second-order valence-corrected chi connectivity index (χ2v) is 7.99. The van der Waals surface area contributed by atoms with Crippen LogP contribution in [0.2, 0.25) is 0 Å². The van der Waals surface area contributed by atoms with Gasteiger partial charge in [0, 0.05) is 10.5 Å². The molecule has 0 radical (unpaired) electrons. The molecule has 118 valence electrons. The zero-order valence-corrected chi connectivity index (χ0v) is 15.5. The van der Waals surface area contributed by atoms with Gasteiger partial charge in [-0.15, -0.1) is 0 Å². The fourth-order valence-corrected chi connectivity index (χ4v) is 4.74. The van der Waals surface area contributed by atoms with Crippen LogP contribution in [0.4, 0.5) is 0 Å². The Hall–Kier alpha value is -0.340. The van der Waals surface area contributed by atoms with Gasteiger partial charge in [-0.25, -0.2) is 0 Å². The Balaban J connectivity index is 2.24. The molecule has 0 aliphatic heterocycles. The molecule has 0 saturated heterocycles. The van der Waals surface area contributed by atoms with Crippen molar-refractivity contribution in [3.63, 3.8) is 0 Å². The Bertz CT molecular complexity index is 447. The molecule has 2 heteroatoms.